The Kier molecular flexibility index (Phi) is 5.50. The fourth-order valence-electron chi connectivity index (χ4n) is 1.38. The Balaban J connectivity index is 2.78. The SMILES string of the molecule is CCCCn1nc(C)c(/C=N\NC(=O)C(N)=O)c1Cl. The highest BCUT2D eigenvalue weighted by Gasteiger charge is 2.11. The van der Waals surface area contributed by atoms with Crippen LogP contribution in [0.25, 0.3) is 0 Å². The van der Waals surface area contributed by atoms with Crippen molar-refractivity contribution in [1.82, 2.24) is 15.2 Å². The molecule has 0 bridgehead atoms. The van der Waals surface area contributed by atoms with Crippen molar-refractivity contribution in [2.45, 2.75) is 33.2 Å². The van der Waals surface area contributed by atoms with Crippen LogP contribution >= 0.6 is 11.6 Å². The third-order valence-corrected chi connectivity index (χ3v) is 2.82. The Morgan fingerprint density at radius 1 is 1.58 bits per heavy atom. The van der Waals surface area contributed by atoms with E-state index in [-0.39, 0.29) is 0 Å². The van der Waals surface area contributed by atoms with Gasteiger partial charge in [0.2, 0.25) is 0 Å². The molecule has 3 N–H and O–H groups in total. The molecule has 1 aromatic rings. The maximum absolute atomic E-state index is 10.9. The molecule has 104 valence electrons. The van der Waals surface area contributed by atoms with Crippen molar-refractivity contribution in [3.63, 3.8) is 0 Å². The number of hydrogen-bond acceptors (Lipinski definition) is 4. The molecule has 2 amide bonds. The standard InChI is InChI=1S/C11H16ClN5O2/c1-3-4-5-17-9(12)8(7(2)16-17)6-14-15-11(19)10(13)18/h6H,3-5H2,1-2H3,(H2,13,18)(H,15,19)/b14-6-. The molecule has 19 heavy (non-hydrogen) atoms. The van der Waals surface area contributed by atoms with Crippen LogP contribution in [0.5, 0.6) is 0 Å². The fraction of sp³-hybridized carbons (Fsp3) is 0.455. The van der Waals surface area contributed by atoms with Crippen LogP contribution in [-0.4, -0.2) is 27.8 Å². The molecule has 0 aliphatic carbocycles. The minimum Gasteiger partial charge on any atom is -0.361 e. The van der Waals surface area contributed by atoms with Crippen LogP contribution in [0.4, 0.5) is 0 Å². The van der Waals surface area contributed by atoms with Gasteiger partial charge < -0.3 is 5.73 Å². The first-order valence-electron chi connectivity index (χ1n) is 5.83. The Morgan fingerprint density at radius 3 is 2.84 bits per heavy atom. The molecule has 0 aliphatic heterocycles. The number of primary amides is 1. The minimum atomic E-state index is -1.10. The third-order valence-electron chi connectivity index (χ3n) is 2.42. The summed E-state index contributed by atoms with van der Waals surface area (Å²) in [5.74, 6) is -2.08. The normalized spacial score (nSPS) is 10.9. The van der Waals surface area contributed by atoms with E-state index in [9.17, 15) is 9.59 Å². The second-order valence-electron chi connectivity index (χ2n) is 3.93. The molecule has 0 unspecified atom stereocenters. The van der Waals surface area contributed by atoms with E-state index in [0.717, 1.165) is 19.4 Å². The van der Waals surface area contributed by atoms with Crippen molar-refractivity contribution in [3.05, 3.63) is 16.4 Å². The molecule has 7 nitrogen and oxygen atoms in total. The molecule has 0 radical (unpaired) electrons. The Morgan fingerprint density at radius 2 is 2.26 bits per heavy atom. The van der Waals surface area contributed by atoms with E-state index in [2.05, 4.69) is 17.1 Å². The first-order chi connectivity index (χ1) is 8.97. The molecule has 0 saturated carbocycles. The largest absolute Gasteiger partial charge is 0.361 e. The fourth-order valence-corrected chi connectivity index (χ4v) is 1.69. The summed E-state index contributed by atoms with van der Waals surface area (Å²) >= 11 is 6.15. The highest BCUT2D eigenvalue weighted by Crippen LogP contribution is 2.18. The number of carbonyl (C=O) groups excluding carboxylic acids is 2. The number of amides is 2. The maximum Gasteiger partial charge on any atom is 0.329 e. The number of halogens is 1. The van der Waals surface area contributed by atoms with E-state index in [4.69, 9.17) is 17.3 Å². The summed E-state index contributed by atoms with van der Waals surface area (Å²) < 4.78 is 1.68. The smallest absolute Gasteiger partial charge is 0.329 e. The van der Waals surface area contributed by atoms with E-state index in [1.165, 1.54) is 6.21 Å². The number of carbonyl (C=O) groups is 2. The molecule has 1 rings (SSSR count). The number of nitrogens with zero attached hydrogens (tertiary/aromatic N) is 3. The number of hydrogen-bond donors (Lipinski definition) is 2. The molecule has 1 aromatic heterocycles. The maximum atomic E-state index is 10.9. The van der Waals surface area contributed by atoms with Crippen LogP contribution in [0, 0.1) is 6.92 Å². The average Bonchev–Trinajstić information content (AvgIpc) is 2.63. The highest BCUT2D eigenvalue weighted by atomic mass is 35.5. The Labute approximate surface area is 115 Å². The van der Waals surface area contributed by atoms with E-state index < -0.39 is 11.8 Å². The molecule has 1 heterocycles. The molecule has 0 saturated heterocycles. The van der Waals surface area contributed by atoms with E-state index in [1.54, 1.807) is 11.6 Å². The lowest BCUT2D eigenvalue weighted by Crippen LogP contribution is -2.32. The van der Waals surface area contributed by atoms with Crippen LogP contribution in [0.15, 0.2) is 5.10 Å². The van der Waals surface area contributed by atoms with E-state index in [1.807, 2.05) is 5.43 Å². The zero-order valence-corrected chi connectivity index (χ0v) is 11.6. The Hall–Kier alpha value is -1.89. The van der Waals surface area contributed by atoms with Crippen molar-refractivity contribution < 1.29 is 9.59 Å². The summed E-state index contributed by atoms with van der Waals surface area (Å²) in [6.45, 7) is 4.58. The van der Waals surface area contributed by atoms with Gasteiger partial charge in [-0.2, -0.15) is 10.2 Å². The van der Waals surface area contributed by atoms with Gasteiger partial charge in [0.25, 0.3) is 0 Å². The second kappa shape index (κ2) is 6.89. The zero-order chi connectivity index (χ0) is 14.4. The number of aromatic nitrogens is 2. The van der Waals surface area contributed by atoms with Gasteiger partial charge in [-0.3, -0.25) is 14.3 Å². The average molecular weight is 286 g/mol. The van der Waals surface area contributed by atoms with Crippen molar-refractivity contribution >= 4 is 29.6 Å². The van der Waals surface area contributed by atoms with Gasteiger partial charge in [0.15, 0.2) is 0 Å². The van der Waals surface area contributed by atoms with Crippen molar-refractivity contribution in [2.24, 2.45) is 10.8 Å². The van der Waals surface area contributed by atoms with Crippen molar-refractivity contribution in [3.8, 4) is 0 Å². The van der Waals surface area contributed by atoms with Crippen LogP contribution in [0.3, 0.4) is 0 Å². The predicted molar refractivity (Wildman–Crippen MR) is 71.8 cm³/mol. The molecule has 8 heteroatoms. The first-order valence-corrected chi connectivity index (χ1v) is 6.20. The number of rotatable bonds is 5. The summed E-state index contributed by atoms with van der Waals surface area (Å²) in [6.07, 6.45) is 3.34. The van der Waals surface area contributed by atoms with Crippen LogP contribution in [-0.2, 0) is 16.1 Å². The first kappa shape index (κ1) is 15.2. The van der Waals surface area contributed by atoms with Gasteiger partial charge in [0.05, 0.1) is 17.5 Å². The molecule has 0 aliphatic rings. The summed E-state index contributed by atoms with van der Waals surface area (Å²) in [6, 6.07) is 0. The molecule has 0 atom stereocenters. The summed E-state index contributed by atoms with van der Waals surface area (Å²) in [7, 11) is 0. The summed E-state index contributed by atoms with van der Waals surface area (Å²) in [5.41, 5.74) is 8.06. The number of unbranched alkanes of at least 4 members (excludes halogenated alkanes) is 1. The number of hydrazone groups is 1. The highest BCUT2D eigenvalue weighted by molar-refractivity contribution is 6.34. The molecule has 0 aromatic carbocycles. The zero-order valence-electron chi connectivity index (χ0n) is 10.8. The Bertz CT molecular complexity index is 509. The van der Waals surface area contributed by atoms with Gasteiger partial charge >= 0.3 is 11.8 Å². The third kappa shape index (κ3) is 4.06. The van der Waals surface area contributed by atoms with Gasteiger partial charge in [-0.05, 0) is 13.3 Å². The van der Waals surface area contributed by atoms with Crippen LogP contribution < -0.4 is 11.2 Å². The van der Waals surface area contributed by atoms with Gasteiger partial charge in [0.1, 0.15) is 5.15 Å². The van der Waals surface area contributed by atoms with Gasteiger partial charge in [-0.25, -0.2) is 5.43 Å². The lowest BCUT2D eigenvalue weighted by Gasteiger charge is -2.00. The van der Waals surface area contributed by atoms with Gasteiger partial charge in [0, 0.05) is 6.54 Å². The van der Waals surface area contributed by atoms with E-state index in [0.29, 0.717) is 16.4 Å². The molecule has 0 spiro atoms. The number of nitrogens with two attached hydrogens (primary N) is 1. The van der Waals surface area contributed by atoms with Crippen molar-refractivity contribution in [1.29, 1.82) is 0 Å². The van der Waals surface area contributed by atoms with Gasteiger partial charge in [-0.1, -0.05) is 24.9 Å². The molecular formula is C11H16ClN5O2. The second-order valence-corrected chi connectivity index (χ2v) is 4.29. The topological polar surface area (TPSA) is 102 Å². The number of aryl methyl sites for hydroxylation is 2. The molecular weight excluding hydrogens is 270 g/mol. The monoisotopic (exact) mass is 285 g/mol. The summed E-state index contributed by atoms with van der Waals surface area (Å²) in [5, 5.41) is 8.33. The molecule has 0 fully saturated rings. The quantitative estimate of drug-likeness (QED) is 0.470. The predicted octanol–water partition coefficient (Wildman–Crippen LogP) is 0.580. The lowest BCUT2D eigenvalue weighted by atomic mass is 10.3. The summed E-state index contributed by atoms with van der Waals surface area (Å²) in [4.78, 5) is 21.4. The van der Waals surface area contributed by atoms with Gasteiger partial charge in [-0.15, -0.1) is 0 Å². The van der Waals surface area contributed by atoms with Crippen LogP contribution in [0.1, 0.15) is 31.0 Å². The van der Waals surface area contributed by atoms with Crippen LogP contribution in [0.2, 0.25) is 5.15 Å². The lowest BCUT2D eigenvalue weighted by molar-refractivity contribution is -0.137. The van der Waals surface area contributed by atoms with E-state index >= 15 is 0 Å². The minimum absolute atomic E-state index is 0.447. The van der Waals surface area contributed by atoms with Crippen molar-refractivity contribution in [2.75, 3.05) is 0 Å². The number of nitrogens with one attached hydrogen (secondary N) is 1.